The van der Waals surface area contributed by atoms with Crippen molar-refractivity contribution in [1.29, 1.82) is 0 Å². The highest BCUT2D eigenvalue weighted by molar-refractivity contribution is 9.11. The molecule has 0 saturated carbocycles. The Balaban J connectivity index is 2.39. The number of hydrogen-bond donors (Lipinski definition) is 1. The third-order valence-corrected chi connectivity index (χ3v) is 4.83. The van der Waals surface area contributed by atoms with Crippen LogP contribution in [0.25, 0.3) is 0 Å². The van der Waals surface area contributed by atoms with Crippen molar-refractivity contribution >= 4 is 38.9 Å². The fraction of sp³-hybridized carbons (Fsp3) is 0.167. The van der Waals surface area contributed by atoms with E-state index in [1.807, 2.05) is 13.0 Å². The van der Waals surface area contributed by atoms with E-state index in [9.17, 15) is 9.50 Å². The second kappa shape index (κ2) is 5.06. The Morgan fingerprint density at radius 1 is 1.41 bits per heavy atom. The molecule has 5 heteroatoms. The minimum Gasteiger partial charge on any atom is -0.383 e. The van der Waals surface area contributed by atoms with Crippen LogP contribution in [0, 0.1) is 12.7 Å². The second-order valence-corrected chi connectivity index (χ2v) is 6.51. The van der Waals surface area contributed by atoms with E-state index in [0.717, 1.165) is 9.35 Å². The molecular weight excluding hydrogens is 327 g/mol. The SMILES string of the molecule is Cc1cc(C(O)c2ccc(Cl)cc2F)sc1Br. The molecule has 0 aliphatic rings. The lowest BCUT2D eigenvalue weighted by Gasteiger charge is -2.10. The molecule has 1 aromatic heterocycles. The number of aryl methyl sites for hydroxylation is 1. The van der Waals surface area contributed by atoms with Gasteiger partial charge in [-0.05, 0) is 46.6 Å². The lowest BCUT2D eigenvalue weighted by atomic mass is 10.1. The van der Waals surface area contributed by atoms with Gasteiger partial charge < -0.3 is 5.11 Å². The normalized spacial score (nSPS) is 12.8. The topological polar surface area (TPSA) is 20.2 Å². The molecule has 17 heavy (non-hydrogen) atoms. The van der Waals surface area contributed by atoms with Crippen LogP contribution in [0.15, 0.2) is 28.1 Å². The van der Waals surface area contributed by atoms with E-state index in [1.54, 1.807) is 6.07 Å². The molecule has 0 aliphatic heterocycles. The third-order valence-electron chi connectivity index (χ3n) is 2.40. The molecule has 2 rings (SSSR count). The van der Waals surface area contributed by atoms with Crippen LogP contribution in [-0.4, -0.2) is 5.11 Å². The summed E-state index contributed by atoms with van der Waals surface area (Å²) in [4.78, 5) is 0.704. The fourth-order valence-corrected chi connectivity index (χ4v) is 3.23. The largest absolute Gasteiger partial charge is 0.383 e. The van der Waals surface area contributed by atoms with Gasteiger partial charge in [0.1, 0.15) is 11.9 Å². The third kappa shape index (κ3) is 2.71. The summed E-state index contributed by atoms with van der Waals surface area (Å²) in [6.45, 7) is 1.93. The summed E-state index contributed by atoms with van der Waals surface area (Å²) in [6.07, 6.45) is -0.956. The highest BCUT2D eigenvalue weighted by Crippen LogP contribution is 2.35. The molecule has 0 aliphatic carbocycles. The van der Waals surface area contributed by atoms with Gasteiger partial charge >= 0.3 is 0 Å². The second-order valence-electron chi connectivity index (χ2n) is 3.67. The Morgan fingerprint density at radius 2 is 2.12 bits per heavy atom. The Labute approximate surface area is 116 Å². The minimum absolute atomic E-state index is 0.239. The molecule has 0 bridgehead atoms. The molecule has 1 N–H and O–H groups in total. The first-order valence-electron chi connectivity index (χ1n) is 4.88. The molecule has 0 saturated heterocycles. The van der Waals surface area contributed by atoms with E-state index in [-0.39, 0.29) is 5.56 Å². The standard InChI is InChI=1S/C12H9BrClFOS/c1-6-4-10(17-12(6)13)11(16)8-3-2-7(14)5-9(8)15/h2-5,11,16H,1H3. The van der Waals surface area contributed by atoms with E-state index >= 15 is 0 Å². The van der Waals surface area contributed by atoms with Crippen molar-refractivity contribution in [2.45, 2.75) is 13.0 Å². The van der Waals surface area contributed by atoms with Crippen molar-refractivity contribution in [2.24, 2.45) is 0 Å². The Bertz CT molecular complexity index is 536. The molecule has 1 unspecified atom stereocenters. The highest BCUT2D eigenvalue weighted by atomic mass is 79.9. The van der Waals surface area contributed by atoms with Crippen LogP contribution in [0.4, 0.5) is 4.39 Å². The minimum atomic E-state index is -0.956. The van der Waals surface area contributed by atoms with Gasteiger partial charge in [-0.1, -0.05) is 17.7 Å². The van der Waals surface area contributed by atoms with Crippen molar-refractivity contribution in [1.82, 2.24) is 0 Å². The first kappa shape index (κ1) is 13.0. The maximum Gasteiger partial charge on any atom is 0.130 e. The number of rotatable bonds is 2. The van der Waals surface area contributed by atoms with Gasteiger partial charge in [-0.3, -0.25) is 0 Å². The van der Waals surface area contributed by atoms with Crippen LogP contribution in [0.3, 0.4) is 0 Å². The molecular formula is C12H9BrClFOS. The van der Waals surface area contributed by atoms with Gasteiger partial charge in [-0.2, -0.15) is 0 Å². The maximum atomic E-state index is 13.6. The summed E-state index contributed by atoms with van der Waals surface area (Å²) in [5, 5.41) is 10.4. The highest BCUT2D eigenvalue weighted by Gasteiger charge is 2.18. The van der Waals surface area contributed by atoms with Crippen molar-refractivity contribution in [3.05, 3.63) is 54.9 Å². The average molecular weight is 336 g/mol. The van der Waals surface area contributed by atoms with Crippen LogP contribution < -0.4 is 0 Å². The first-order chi connectivity index (χ1) is 7.99. The number of halogens is 3. The zero-order valence-electron chi connectivity index (χ0n) is 8.88. The monoisotopic (exact) mass is 334 g/mol. The van der Waals surface area contributed by atoms with E-state index in [1.165, 1.54) is 23.5 Å². The Hall–Kier alpha value is -0.420. The fourth-order valence-electron chi connectivity index (χ4n) is 1.49. The van der Waals surface area contributed by atoms with Gasteiger partial charge in [0.15, 0.2) is 0 Å². The van der Waals surface area contributed by atoms with Gasteiger partial charge in [0, 0.05) is 15.5 Å². The summed E-state index contributed by atoms with van der Waals surface area (Å²) in [5.74, 6) is -0.493. The molecule has 1 nitrogen and oxygen atoms in total. The lowest BCUT2D eigenvalue weighted by Crippen LogP contribution is -2.00. The predicted octanol–water partition coefficient (Wildman–Crippen LogP) is 4.69. The van der Waals surface area contributed by atoms with Gasteiger partial charge in [0.25, 0.3) is 0 Å². The van der Waals surface area contributed by atoms with Gasteiger partial charge in [-0.25, -0.2) is 4.39 Å². The zero-order chi connectivity index (χ0) is 12.6. The quantitative estimate of drug-likeness (QED) is 0.844. The Kier molecular flexibility index (Phi) is 3.88. The first-order valence-corrected chi connectivity index (χ1v) is 6.86. The average Bonchev–Trinajstić information content (AvgIpc) is 2.58. The molecule has 1 aromatic carbocycles. The van der Waals surface area contributed by atoms with Crippen molar-refractivity contribution in [2.75, 3.05) is 0 Å². The number of thiophene rings is 1. The number of hydrogen-bond acceptors (Lipinski definition) is 2. The molecule has 1 atom stereocenters. The van der Waals surface area contributed by atoms with Gasteiger partial charge in [0.2, 0.25) is 0 Å². The predicted molar refractivity (Wildman–Crippen MR) is 72.2 cm³/mol. The molecule has 0 radical (unpaired) electrons. The van der Waals surface area contributed by atoms with Gasteiger partial charge in [-0.15, -0.1) is 11.3 Å². The van der Waals surface area contributed by atoms with Gasteiger partial charge in [0.05, 0.1) is 3.79 Å². The molecule has 0 amide bonds. The Morgan fingerprint density at radius 3 is 2.65 bits per heavy atom. The lowest BCUT2D eigenvalue weighted by molar-refractivity contribution is 0.218. The summed E-state index contributed by atoms with van der Waals surface area (Å²) in [6, 6.07) is 6.12. The van der Waals surface area contributed by atoms with Crippen molar-refractivity contribution in [3.8, 4) is 0 Å². The van der Waals surface area contributed by atoms with Crippen LogP contribution in [0.2, 0.25) is 5.02 Å². The number of aliphatic hydroxyl groups is 1. The van der Waals surface area contributed by atoms with Crippen molar-refractivity contribution in [3.63, 3.8) is 0 Å². The van der Waals surface area contributed by atoms with Crippen LogP contribution in [-0.2, 0) is 0 Å². The van der Waals surface area contributed by atoms with Crippen LogP contribution in [0.1, 0.15) is 22.1 Å². The summed E-state index contributed by atoms with van der Waals surface area (Å²) in [5.41, 5.74) is 1.27. The smallest absolute Gasteiger partial charge is 0.130 e. The zero-order valence-corrected chi connectivity index (χ0v) is 12.0. The van der Waals surface area contributed by atoms with Crippen molar-refractivity contribution < 1.29 is 9.50 Å². The maximum absolute atomic E-state index is 13.6. The summed E-state index contributed by atoms with van der Waals surface area (Å²) >= 11 is 10.4. The van der Waals surface area contributed by atoms with E-state index in [2.05, 4.69) is 15.9 Å². The summed E-state index contributed by atoms with van der Waals surface area (Å²) < 4.78 is 14.6. The number of benzene rings is 1. The molecule has 0 fully saturated rings. The van der Waals surface area contributed by atoms with Crippen LogP contribution >= 0.6 is 38.9 Å². The molecule has 0 spiro atoms. The number of aliphatic hydroxyl groups excluding tert-OH is 1. The van der Waals surface area contributed by atoms with Crippen LogP contribution in [0.5, 0.6) is 0 Å². The van der Waals surface area contributed by atoms with E-state index in [4.69, 9.17) is 11.6 Å². The van der Waals surface area contributed by atoms with E-state index in [0.29, 0.717) is 9.90 Å². The molecule has 90 valence electrons. The molecule has 2 aromatic rings. The molecule has 1 heterocycles. The summed E-state index contributed by atoms with van der Waals surface area (Å²) in [7, 11) is 0. The van der Waals surface area contributed by atoms with E-state index < -0.39 is 11.9 Å².